The van der Waals surface area contributed by atoms with Gasteiger partial charge in [-0.05, 0) is 36.4 Å². The van der Waals surface area contributed by atoms with Crippen molar-refractivity contribution >= 4 is 45.9 Å². The van der Waals surface area contributed by atoms with Crippen molar-refractivity contribution in [1.29, 1.82) is 0 Å². The molecule has 0 spiro atoms. The molecule has 3 aromatic rings. The van der Waals surface area contributed by atoms with Crippen LogP contribution < -0.4 is 11.1 Å². The smallest absolute Gasteiger partial charge is 0.408 e. The lowest BCUT2D eigenvalue weighted by Crippen LogP contribution is -2.12. The van der Waals surface area contributed by atoms with Gasteiger partial charge in [0, 0.05) is 18.3 Å². The normalized spacial score (nSPS) is 10.9. The molecule has 0 atom stereocenters. The second-order valence-corrected chi connectivity index (χ2v) is 5.51. The first kappa shape index (κ1) is 14.7. The van der Waals surface area contributed by atoms with Gasteiger partial charge in [-0.3, -0.25) is 9.36 Å². The molecule has 22 heavy (non-hydrogen) atoms. The highest BCUT2D eigenvalue weighted by Gasteiger charge is 2.11. The Morgan fingerprint density at radius 1 is 1.14 bits per heavy atom. The first-order valence-electron chi connectivity index (χ1n) is 6.31. The van der Waals surface area contributed by atoms with Crippen molar-refractivity contribution in [2.45, 2.75) is 0 Å². The number of rotatable bonds is 2. The van der Waals surface area contributed by atoms with E-state index >= 15 is 0 Å². The lowest BCUT2D eigenvalue weighted by Gasteiger charge is -2.06. The average molecular weight is 337 g/mol. The van der Waals surface area contributed by atoms with Crippen LogP contribution in [0.5, 0.6) is 0 Å². The second-order valence-electron chi connectivity index (χ2n) is 4.69. The summed E-state index contributed by atoms with van der Waals surface area (Å²) in [6.45, 7) is 0. The Labute approximate surface area is 135 Å². The Morgan fingerprint density at radius 2 is 1.91 bits per heavy atom. The lowest BCUT2D eigenvalue weighted by molar-refractivity contribution is 0.102. The second kappa shape index (κ2) is 5.51. The van der Waals surface area contributed by atoms with Crippen LogP contribution in [0.25, 0.3) is 11.1 Å². The molecule has 112 valence electrons. The number of amides is 1. The zero-order valence-electron chi connectivity index (χ0n) is 11.4. The van der Waals surface area contributed by atoms with Gasteiger partial charge >= 0.3 is 5.76 Å². The van der Waals surface area contributed by atoms with Crippen molar-refractivity contribution < 1.29 is 9.21 Å². The molecule has 0 saturated carbocycles. The van der Waals surface area contributed by atoms with Crippen LogP contribution in [0.1, 0.15) is 10.4 Å². The number of hydrogen-bond donors (Lipinski definition) is 1. The van der Waals surface area contributed by atoms with E-state index in [0.29, 0.717) is 32.4 Å². The first-order valence-corrected chi connectivity index (χ1v) is 7.07. The predicted molar refractivity (Wildman–Crippen MR) is 85.9 cm³/mol. The molecule has 1 amide bonds. The number of hydrogen-bond acceptors (Lipinski definition) is 3. The van der Waals surface area contributed by atoms with Crippen LogP contribution in [-0.2, 0) is 7.05 Å². The topological polar surface area (TPSA) is 64.2 Å². The van der Waals surface area contributed by atoms with Gasteiger partial charge in [-0.2, -0.15) is 0 Å². The van der Waals surface area contributed by atoms with E-state index in [4.69, 9.17) is 27.6 Å². The Morgan fingerprint density at radius 3 is 2.64 bits per heavy atom. The number of carbonyl (C=O) groups excluding carboxylic acids is 1. The standard InChI is InChI=1S/C15H10Cl2N2O3/c1-19-12-7-9(3-5-13(12)22-15(19)21)18-14(20)8-2-4-10(16)11(17)6-8/h2-7H,1H3,(H,18,20). The predicted octanol–water partition coefficient (Wildman–Crippen LogP) is 3.69. The SMILES string of the molecule is Cn1c(=O)oc2ccc(NC(=O)c3ccc(Cl)c(Cl)c3)cc21. The molecule has 0 aliphatic carbocycles. The minimum atomic E-state index is -0.456. The molecular formula is C15H10Cl2N2O3. The first-order chi connectivity index (χ1) is 10.5. The van der Waals surface area contributed by atoms with E-state index in [0.717, 1.165) is 0 Å². The molecule has 7 heteroatoms. The van der Waals surface area contributed by atoms with E-state index in [-0.39, 0.29) is 5.91 Å². The number of halogens is 2. The van der Waals surface area contributed by atoms with E-state index in [1.165, 1.54) is 10.6 Å². The van der Waals surface area contributed by atoms with Crippen molar-refractivity contribution in [1.82, 2.24) is 4.57 Å². The molecule has 2 aromatic carbocycles. The van der Waals surface area contributed by atoms with E-state index < -0.39 is 5.76 Å². The van der Waals surface area contributed by atoms with E-state index in [9.17, 15) is 9.59 Å². The summed E-state index contributed by atoms with van der Waals surface area (Å²) >= 11 is 11.7. The molecule has 1 aromatic heterocycles. The van der Waals surface area contributed by atoms with E-state index in [1.54, 1.807) is 37.4 Å². The van der Waals surface area contributed by atoms with Crippen molar-refractivity contribution in [3.8, 4) is 0 Å². The quantitative estimate of drug-likeness (QED) is 0.776. The molecule has 0 saturated heterocycles. The Hall–Kier alpha value is -2.24. The number of nitrogens with one attached hydrogen (secondary N) is 1. The number of aromatic nitrogens is 1. The minimum absolute atomic E-state index is 0.307. The molecule has 3 rings (SSSR count). The monoisotopic (exact) mass is 336 g/mol. The Bertz CT molecular complexity index is 944. The van der Waals surface area contributed by atoms with Crippen LogP contribution in [0.4, 0.5) is 5.69 Å². The molecule has 1 N–H and O–H groups in total. The summed E-state index contributed by atoms with van der Waals surface area (Å²) in [4.78, 5) is 23.6. The molecule has 0 aliphatic rings. The van der Waals surface area contributed by atoms with Gasteiger partial charge < -0.3 is 9.73 Å². The van der Waals surface area contributed by atoms with E-state index in [1.807, 2.05) is 0 Å². The maximum absolute atomic E-state index is 12.2. The van der Waals surface area contributed by atoms with Crippen molar-refractivity contribution in [3.63, 3.8) is 0 Å². The molecule has 1 heterocycles. The fraction of sp³-hybridized carbons (Fsp3) is 0.0667. The van der Waals surface area contributed by atoms with Gasteiger partial charge in [0.05, 0.1) is 15.6 Å². The van der Waals surface area contributed by atoms with Gasteiger partial charge in [0.2, 0.25) is 0 Å². The number of aryl methyl sites for hydroxylation is 1. The van der Waals surface area contributed by atoms with Gasteiger partial charge in [0.25, 0.3) is 5.91 Å². The average Bonchev–Trinajstić information content (AvgIpc) is 2.77. The van der Waals surface area contributed by atoms with Gasteiger partial charge in [-0.25, -0.2) is 4.79 Å². The number of fused-ring (bicyclic) bond motifs is 1. The maximum Gasteiger partial charge on any atom is 0.419 e. The van der Waals surface area contributed by atoms with Crippen LogP contribution in [0.3, 0.4) is 0 Å². The van der Waals surface area contributed by atoms with Crippen LogP contribution in [-0.4, -0.2) is 10.5 Å². The number of carbonyl (C=O) groups is 1. The Kier molecular flexibility index (Phi) is 3.68. The van der Waals surface area contributed by atoms with Crippen LogP contribution in [0.15, 0.2) is 45.6 Å². The molecule has 0 radical (unpaired) electrons. The maximum atomic E-state index is 12.2. The van der Waals surface area contributed by atoms with Crippen molar-refractivity contribution in [2.24, 2.45) is 7.05 Å². The van der Waals surface area contributed by atoms with Crippen LogP contribution >= 0.6 is 23.2 Å². The van der Waals surface area contributed by atoms with Crippen molar-refractivity contribution in [3.05, 3.63) is 62.6 Å². The van der Waals surface area contributed by atoms with Gasteiger partial charge in [0.15, 0.2) is 5.58 Å². The van der Waals surface area contributed by atoms with Crippen molar-refractivity contribution in [2.75, 3.05) is 5.32 Å². The summed E-state index contributed by atoms with van der Waals surface area (Å²) in [5.41, 5.74) is 1.98. The molecule has 0 bridgehead atoms. The molecule has 5 nitrogen and oxygen atoms in total. The fourth-order valence-electron chi connectivity index (χ4n) is 2.05. The minimum Gasteiger partial charge on any atom is -0.408 e. The summed E-state index contributed by atoms with van der Waals surface area (Å²) in [5, 5.41) is 3.43. The van der Waals surface area contributed by atoms with E-state index in [2.05, 4.69) is 5.32 Å². The summed E-state index contributed by atoms with van der Waals surface area (Å²) in [6, 6.07) is 9.57. The van der Waals surface area contributed by atoms with Crippen LogP contribution in [0, 0.1) is 0 Å². The number of oxazole rings is 1. The third-order valence-corrected chi connectivity index (χ3v) is 3.97. The van der Waals surface area contributed by atoms with Gasteiger partial charge in [-0.1, -0.05) is 23.2 Å². The highest BCUT2D eigenvalue weighted by atomic mass is 35.5. The molecule has 0 fully saturated rings. The highest BCUT2D eigenvalue weighted by Crippen LogP contribution is 2.23. The number of anilines is 1. The summed E-state index contributed by atoms with van der Waals surface area (Å²) in [5.74, 6) is -0.783. The summed E-state index contributed by atoms with van der Waals surface area (Å²) in [7, 11) is 1.60. The highest BCUT2D eigenvalue weighted by molar-refractivity contribution is 6.42. The summed E-state index contributed by atoms with van der Waals surface area (Å²) < 4.78 is 6.40. The molecule has 0 unspecified atom stereocenters. The van der Waals surface area contributed by atoms with Gasteiger partial charge in [0.1, 0.15) is 0 Å². The number of benzene rings is 2. The summed E-state index contributed by atoms with van der Waals surface area (Å²) in [6.07, 6.45) is 0. The third-order valence-electron chi connectivity index (χ3n) is 3.23. The Balaban J connectivity index is 1.91. The zero-order chi connectivity index (χ0) is 15.9. The zero-order valence-corrected chi connectivity index (χ0v) is 12.9. The van der Waals surface area contributed by atoms with Gasteiger partial charge in [-0.15, -0.1) is 0 Å². The molecule has 0 aliphatic heterocycles. The largest absolute Gasteiger partial charge is 0.419 e. The lowest BCUT2D eigenvalue weighted by atomic mass is 10.2. The fourth-order valence-corrected chi connectivity index (χ4v) is 2.34. The molecular weight excluding hydrogens is 327 g/mol. The number of nitrogens with zero attached hydrogens (tertiary/aromatic N) is 1. The third kappa shape index (κ3) is 2.61. The van der Waals surface area contributed by atoms with Crippen LogP contribution in [0.2, 0.25) is 10.0 Å².